The molecule has 0 spiro atoms. The Morgan fingerprint density at radius 1 is 1.35 bits per heavy atom. The molecule has 0 radical (unpaired) electrons. The van der Waals surface area contributed by atoms with E-state index in [0.717, 1.165) is 6.42 Å². The van der Waals surface area contributed by atoms with E-state index in [1.807, 2.05) is 6.92 Å². The molecule has 0 aliphatic carbocycles. The average molecular weight is 351 g/mol. The number of likely N-dealkylation sites (tertiary alicyclic amines) is 1. The molecular weight excluding hydrogens is 329 g/mol. The molecule has 1 aromatic carbocycles. The van der Waals surface area contributed by atoms with E-state index in [1.165, 1.54) is 17.0 Å². The Morgan fingerprint density at radius 3 is 2.43 bits per heavy atom. The van der Waals surface area contributed by atoms with Crippen molar-refractivity contribution < 1.29 is 18.0 Å². The average Bonchev–Trinajstić information content (AvgIpc) is 2.88. The van der Waals surface area contributed by atoms with Crippen molar-refractivity contribution in [2.45, 2.75) is 31.9 Å². The SMILES string of the molecule is CC1(CN)CCN(C(=O)CC(c2ccccc2)C(F)(F)F)C1.Cl. The summed E-state index contributed by atoms with van der Waals surface area (Å²) in [5.41, 5.74) is 5.62. The molecule has 130 valence electrons. The van der Waals surface area contributed by atoms with Crippen molar-refractivity contribution in [2.24, 2.45) is 11.1 Å². The molecule has 0 bridgehead atoms. The van der Waals surface area contributed by atoms with Gasteiger partial charge in [0, 0.05) is 19.5 Å². The maximum absolute atomic E-state index is 13.3. The highest BCUT2D eigenvalue weighted by atomic mass is 35.5. The van der Waals surface area contributed by atoms with E-state index >= 15 is 0 Å². The number of carbonyl (C=O) groups is 1. The molecule has 1 fully saturated rings. The first-order valence-electron chi connectivity index (χ1n) is 7.35. The molecular formula is C16H22ClF3N2O. The van der Waals surface area contributed by atoms with E-state index in [4.69, 9.17) is 5.73 Å². The summed E-state index contributed by atoms with van der Waals surface area (Å²) in [6, 6.07) is 7.60. The summed E-state index contributed by atoms with van der Waals surface area (Å²) in [7, 11) is 0. The third-order valence-electron chi connectivity index (χ3n) is 4.38. The van der Waals surface area contributed by atoms with Crippen molar-refractivity contribution in [3.63, 3.8) is 0 Å². The fraction of sp³-hybridized carbons (Fsp3) is 0.562. The van der Waals surface area contributed by atoms with Crippen LogP contribution in [0.2, 0.25) is 0 Å². The van der Waals surface area contributed by atoms with Gasteiger partial charge in [-0.2, -0.15) is 13.2 Å². The van der Waals surface area contributed by atoms with E-state index in [-0.39, 0.29) is 23.4 Å². The zero-order valence-corrected chi connectivity index (χ0v) is 13.8. The second-order valence-electron chi connectivity index (χ2n) is 6.29. The van der Waals surface area contributed by atoms with E-state index in [2.05, 4.69) is 0 Å². The number of hydrogen-bond acceptors (Lipinski definition) is 2. The lowest BCUT2D eigenvalue weighted by molar-refractivity contribution is -0.160. The minimum atomic E-state index is -4.44. The number of carbonyl (C=O) groups excluding carboxylic acids is 1. The largest absolute Gasteiger partial charge is 0.396 e. The van der Waals surface area contributed by atoms with Crippen LogP contribution in [0.15, 0.2) is 30.3 Å². The summed E-state index contributed by atoms with van der Waals surface area (Å²) in [5.74, 6) is -2.21. The number of nitrogens with zero attached hydrogens (tertiary/aromatic N) is 1. The van der Waals surface area contributed by atoms with Crippen LogP contribution in [0.5, 0.6) is 0 Å². The Bertz CT molecular complexity index is 524. The maximum atomic E-state index is 13.3. The second kappa shape index (κ2) is 7.53. The minimum Gasteiger partial charge on any atom is -0.342 e. The summed E-state index contributed by atoms with van der Waals surface area (Å²) in [6.45, 7) is 3.30. The third-order valence-corrected chi connectivity index (χ3v) is 4.38. The first kappa shape index (κ1) is 19.8. The van der Waals surface area contributed by atoms with Crippen LogP contribution < -0.4 is 5.73 Å². The van der Waals surface area contributed by atoms with Gasteiger partial charge in [-0.1, -0.05) is 37.3 Å². The Labute approximate surface area is 140 Å². The van der Waals surface area contributed by atoms with Crippen molar-refractivity contribution in [3.8, 4) is 0 Å². The fourth-order valence-electron chi connectivity index (χ4n) is 2.81. The molecule has 2 unspecified atom stereocenters. The summed E-state index contributed by atoms with van der Waals surface area (Å²) in [4.78, 5) is 13.8. The molecule has 1 aromatic rings. The van der Waals surface area contributed by atoms with Gasteiger partial charge in [0.25, 0.3) is 0 Å². The highest BCUT2D eigenvalue weighted by Gasteiger charge is 2.44. The zero-order chi connectivity index (χ0) is 16.4. The predicted molar refractivity (Wildman–Crippen MR) is 85.5 cm³/mol. The number of hydrogen-bond donors (Lipinski definition) is 1. The summed E-state index contributed by atoms with van der Waals surface area (Å²) < 4.78 is 39.8. The second-order valence-corrected chi connectivity index (χ2v) is 6.29. The quantitative estimate of drug-likeness (QED) is 0.905. The standard InChI is InChI=1S/C16H21F3N2O.ClH/c1-15(10-20)7-8-21(11-15)14(22)9-13(16(17,18)19)12-5-3-2-4-6-12;/h2-6,13H,7-11,20H2,1H3;1H. The van der Waals surface area contributed by atoms with Gasteiger partial charge in [0.15, 0.2) is 0 Å². The van der Waals surface area contributed by atoms with Crippen LogP contribution in [0.3, 0.4) is 0 Å². The van der Waals surface area contributed by atoms with E-state index in [0.29, 0.717) is 19.6 Å². The van der Waals surface area contributed by atoms with E-state index in [9.17, 15) is 18.0 Å². The summed E-state index contributed by atoms with van der Waals surface area (Å²) in [5, 5.41) is 0. The first-order valence-corrected chi connectivity index (χ1v) is 7.35. The Balaban J connectivity index is 0.00000264. The van der Waals surface area contributed by atoms with Crippen LogP contribution in [-0.2, 0) is 4.79 Å². The molecule has 1 amide bonds. The van der Waals surface area contributed by atoms with Gasteiger partial charge in [0.1, 0.15) is 0 Å². The Kier molecular flexibility index (Phi) is 6.48. The smallest absolute Gasteiger partial charge is 0.342 e. The topological polar surface area (TPSA) is 46.3 Å². The lowest BCUT2D eigenvalue weighted by atomic mass is 9.90. The van der Waals surface area contributed by atoms with Crippen molar-refractivity contribution in [3.05, 3.63) is 35.9 Å². The lowest BCUT2D eigenvalue weighted by Gasteiger charge is -2.25. The molecule has 7 heteroatoms. The number of rotatable bonds is 4. The molecule has 23 heavy (non-hydrogen) atoms. The number of nitrogens with two attached hydrogens (primary N) is 1. The van der Waals surface area contributed by atoms with Crippen molar-refractivity contribution in [2.75, 3.05) is 19.6 Å². The number of amides is 1. The van der Waals surface area contributed by atoms with E-state index in [1.54, 1.807) is 18.2 Å². The van der Waals surface area contributed by atoms with Gasteiger partial charge in [-0.05, 0) is 23.9 Å². The number of benzene rings is 1. The monoisotopic (exact) mass is 350 g/mol. The number of halogens is 4. The van der Waals surface area contributed by atoms with Gasteiger partial charge < -0.3 is 10.6 Å². The van der Waals surface area contributed by atoms with Gasteiger partial charge in [-0.15, -0.1) is 12.4 Å². The minimum absolute atomic E-state index is 0. The van der Waals surface area contributed by atoms with Gasteiger partial charge in [-0.3, -0.25) is 4.79 Å². The Hall–Kier alpha value is -1.27. The van der Waals surface area contributed by atoms with Crippen molar-refractivity contribution >= 4 is 18.3 Å². The molecule has 1 aliphatic heterocycles. The van der Waals surface area contributed by atoms with Crippen molar-refractivity contribution in [1.29, 1.82) is 0 Å². The lowest BCUT2D eigenvalue weighted by Crippen LogP contribution is -2.36. The predicted octanol–water partition coefficient (Wildman–Crippen LogP) is 3.34. The molecule has 1 heterocycles. The third kappa shape index (κ3) is 4.85. The van der Waals surface area contributed by atoms with Gasteiger partial charge in [0.2, 0.25) is 5.91 Å². The van der Waals surface area contributed by atoms with Crippen LogP contribution >= 0.6 is 12.4 Å². The molecule has 1 aliphatic rings. The van der Waals surface area contributed by atoms with Crippen LogP contribution in [0.4, 0.5) is 13.2 Å². The fourth-order valence-corrected chi connectivity index (χ4v) is 2.81. The molecule has 2 atom stereocenters. The molecule has 0 aromatic heterocycles. The normalized spacial score (nSPS) is 22.6. The van der Waals surface area contributed by atoms with Gasteiger partial charge in [-0.25, -0.2) is 0 Å². The molecule has 1 saturated heterocycles. The van der Waals surface area contributed by atoms with E-state index < -0.39 is 24.4 Å². The highest BCUT2D eigenvalue weighted by molar-refractivity contribution is 5.85. The zero-order valence-electron chi connectivity index (χ0n) is 13.0. The van der Waals surface area contributed by atoms with Crippen molar-refractivity contribution in [1.82, 2.24) is 4.90 Å². The van der Waals surface area contributed by atoms with Crippen LogP contribution in [-0.4, -0.2) is 36.6 Å². The highest BCUT2D eigenvalue weighted by Crippen LogP contribution is 2.38. The van der Waals surface area contributed by atoms with Gasteiger partial charge in [0.05, 0.1) is 5.92 Å². The molecule has 3 nitrogen and oxygen atoms in total. The van der Waals surface area contributed by atoms with Gasteiger partial charge >= 0.3 is 6.18 Å². The van der Waals surface area contributed by atoms with Crippen LogP contribution in [0.25, 0.3) is 0 Å². The summed E-state index contributed by atoms with van der Waals surface area (Å²) in [6.07, 6.45) is -4.25. The Morgan fingerprint density at radius 2 is 1.96 bits per heavy atom. The molecule has 0 saturated carbocycles. The van der Waals surface area contributed by atoms with Crippen LogP contribution in [0, 0.1) is 5.41 Å². The van der Waals surface area contributed by atoms with Crippen LogP contribution in [0.1, 0.15) is 31.2 Å². The first-order chi connectivity index (χ1) is 10.2. The number of alkyl halides is 3. The molecule has 2 N–H and O–H groups in total. The maximum Gasteiger partial charge on any atom is 0.396 e. The summed E-state index contributed by atoms with van der Waals surface area (Å²) >= 11 is 0. The molecule has 2 rings (SSSR count).